The van der Waals surface area contributed by atoms with Gasteiger partial charge in [-0.3, -0.25) is 9.48 Å². The number of aromatic nitrogens is 2. The SMILES string of the molecule is Cc1nn(CC(=O)N[C@@H]2CCS(=O)(=O)C2)c(C)c1Br. The molecule has 106 valence electrons. The van der Waals surface area contributed by atoms with Crippen molar-refractivity contribution in [3.05, 3.63) is 15.9 Å². The molecule has 1 atom stereocenters. The van der Waals surface area contributed by atoms with Gasteiger partial charge >= 0.3 is 0 Å². The van der Waals surface area contributed by atoms with Crippen molar-refractivity contribution in [2.24, 2.45) is 0 Å². The minimum absolute atomic E-state index is 0.0412. The van der Waals surface area contributed by atoms with Crippen molar-refractivity contribution in [3.63, 3.8) is 0 Å². The monoisotopic (exact) mass is 349 g/mol. The summed E-state index contributed by atoms with van der Waals surface area (Å²) in [6.45, 7) is 3.83. The van der Waals surface area contributed by atoms with E-state index in [1.807, 2.05) is 13.8 Å². The first-order chi connectivity index (χ1) is 8.78. The van der Waals surface area contributed by atoms with Crippen molar-refractivity contribution in [3.8, 4) is 0 Å². The van der Waals surface area contributed by atoms with E-state index in [9.17, 15) is 13.2 Å². The molecule has 1 saturated heterocycles. The number of nitrogens with zero attached hydrogens (tertiary/aromatic N) is 2. The zero-order valence-corrected chi connectivity index (χ0v) is 13.2. The van der Waals surface area contributed by atoms with E-state index in [1.165, 1.54) is 0 Å². The van der Waals surface area contributed by atoms with Crippen LogP contribution >= 0.6 is 15.9 Å². The average Bonchev–Trinajstić information content (AvgIpc) is 2.75. The first kappa shape index (κ1) is 14.5. The van der Waals surface area contributed by atoms with Gasteiger partial charge in [0.25, 0.3) is 0 Å². The molecule has 2 rings (SSSR count). The highest BCUT2D eigenvalue weighted by atomic mass is 79.9. The molecule has 0 aromatic carbocycles. The molecule has 1 aliphatic heterocycles. The summed E-state index contributed by atoms with van der Waals surface area (Å²) in [5, 5.41) is 6.99. The Bertz CT molecular complexity index is 609. The third kappa shape index (κ3) is 3.36. The van der Waals surface area contributed by atoms with Crippen LogP contribution in [-0.2, 0) is 21.2 Å². The van der Waals surface area contributed by atoms with Crippen molar-refractivity contribution < 1.29 is 13.2 Å². The molecule has 0 radical (unpaired) electrons. The maximum Gasteiger partial charge on any atom is 0.241 e. The Labute approximate surface area is 120 Å². The van der Waals surface area contributed by atoms with Crippen LogP contribution in [0.5, 0.6) is 0 Å². The van der Waals surface area contributed by atoms with Gasteiger partial charge in [0.05, 0.1) is 27.4 Å². The maximum absolute atomic E-state index is 11.9. The summed E-state index contributed by atoms with van der Waals surface area (Å²) < 4.78 is 25.1. The number of halogens is 1. The number of carbonyl (C=O) groups is 1. The molecule has 2 heterocycles. The lowest BCUT2D eigenvalue weighted by Crippen LogP contribution is -2.38. The Kier molecular flexibility index (Phi) is 4.00. The van der Waals surface area contributed by atoms with Gasteiger partial charge in [0.1, 0.15) is 6.54 Å². The Balaban J connectivity index is 1.97. The zero-order chi connectivity index (χ0) is 14.2. The molecule has 1 amide bonds. The highest BCUT2D eigenvalue weighted by molar-refractivity contribution is 9.10. The van der Waals surface area contributed by atoms with Gasteiger partial charge in [0.15, 0.2) is 9.84 Å². The van der Waals surface area contributed by atoms with Crippen molar-refractivity contribution in [2.45, 2.75) is 32.9 Å². The molecule has 6 nitrogen and oxygen atoms in total. The van der Waals surface area contributed by atoms with E-state index in [2.05, 4.69) is 26.3 Å². The standard InChI is InChI=1S/C11H16BrN3O3S/c1-7-11(12)8(2)15(14-7)5-10(16)13-9-3-4-19(17,18)6-9/h9H,3-6H2,1-2H3,(H,13,16)/t9-/m1/s1. The van der Waals surface area contributed by atoms with Crippen molar-refractivity contribution in [1.82, 2.24) is 15.1 Å². The first-order valence-corrected chi connectivity index (χ1v) is 8.59. The van der Waals surface area contributed by atoms with Gasteiger partial charge in [-0.15, -0.1) is 0 Å². The topological polar surface area (TPSA) is 81.1 Å². The van der Waals surface area contributed by atoms with Gasteiger partial charge in [-0.25, -0.2) is 8.42 Å². The fourth-order valence-corrected chi connectivity index (χ4v) is 4.10. The molecule has 0 spiro atoms. The molecule has 1 aromatic heterocycles. The highest BCUT2D eigenvalue weighted by Gasteiger charge is 2.29. The van der Waals surface area contributed by atoms with Gasteiger partial charge < -0.3 is 5.32 Å². The number of carbonyl (C=O) groups excluding carboxylic acids is 1. The van der Waals surface area contributed by atoms with Gasteiger partial charge in [0.2, 0.25) is 5.91 Å². The minimum atomic E-state index is -2.97. The van der Waals surface area contributed by atoms with Crippen LogP contribution in [0, 0.1) is 13.8 Å². The Hall–Kier alpha value is -0.890. The number of hydrogen-bond acceptors (Lipinski definition) is 4. The molecule has 0 saturated carbocycles. The second-order valence-electron chi connectivity index (χ2n) is 4.81. The second kappa shape index (κ2) is 5.24. The van der Waals surface area contributed by atoms with E-state index >= 15 is 0 Å². The van der Waals surface area contributed by atoms with Crippen molar-refractivity contribution >= 4 is 31.7 Å². The van der Waals surface area contributed by atoms with Crippen LogP contribution in [0.4, 0.5) is 0 Å². The first-order valence-electron chi connectivity index (χ1n) is 5.98. The average molecular weight is 350 g/mol. The molecule has 0 aliphatic carbocycles. The molecule has 1 N–H and O–H groups in total. The fraction of sp³-hybridized carbons (Fsp3) is 0.636. The zero-order valence-electron chi connectivity index (χ0n) is 10.8. The van der Waals surface area contributed by atoms with Crippen molar-refractivity contribution in [1.29, 1.82) is 0 Å². The van der Waals surface area contributed by atoms with Crippen LogP contribution in [-0.4, -0.2) is 41.7 Å². The number of nitrogens with one attached hydrogen (secondary N) is 1. The number of hydrogen-bond donors (Lipinski definition) is 1. The Morgan fingerprint density at radius 2 is 2.21 bits per heavy atom. The summed E-state index contributed by atoms with van der Waals surface area (Å²) in [6, 6.07) is -0.266. The van der Waals surface area contributed by atoms with E-state index in [4.69, 9.17) is 0 Å². The van der Waals surface area contributed by atoms with Gasteiger partial charge in [0, 0.05) is 6.04 Å². The van der Waals surface area contributed by atoms with Gasteiger partial charge in [-0.05, 0) is 36.2 Å². The van der Waals surface area contributed by atoms with Crippen LogP contribution in [0.25, 0.3) is 0 Å². The second-order valence-corrected chi connectivity index (χ2v) is 7.83. The largest absolute Gasteiger partial charge is 0.351 e. The van der Waals surface area contributed by atoms with Crippen molar-refractivity contribution in [2.75, 3.05) is 11.5 Å². The van der Waals surface area contributed by atoms with E-state index in [-0.39, 0.29) is 30.0 Å². The number of amides is 1. The van der Waals surface area contributed by atoms with Gasteiger partial charge in [-0.1, -0.05) is 0 Å². The van der Waals surface area contributed by atoms with Crippen LogP contribution in [0.15, 0.2) is 4.47 Å². The molecule has 0 unspecified atom stereocenters. The highest BCUT2D eigenvalue weighted by Crippen LogP contribution is 2.19. The normalized spacial score (nSPS) is 21.5. The quantitative estimate of drug-likeness (QED) is 0.864. The molecular formula is C11H16BrN3O3S. The van der Waals surface area contributed by atoms with Crippen LogP contribution in [0.3, 0.4) is 0 Å². The molecule has 1 aromatic rings. The van der Waals surface area contributed by atoms with Gasteiger partial charge in [-0.2, -0.15) is 5.10 Å². The number of sulfone groups is 1. The predicted octanol–water partition coefficient (Wildman–Crippen LogP) is 0.566. The lowest BCUT2D eigenvalue weighted by Gasteiger charge is -2.11. The lowest BCUT2D eigenvalue weighted by molar-refractivity contribution is -0.122. The minimum Gasteiger partial charge on any atom is -0.351 e. The smallest absolute Gasteiger partial charge is 0.241 e. The molecule has 8 heteroatoms. The lowest BCUT2D eigenvalue weighted by atomic mass is 10.2. The summed E-state index contributed by atoms with van der Waals surface area (Å²) in [5.41, 5.74) is 1.71. The third-order valence-electron chi connectivity index (χ3n) is 3.18. The maximum atomic E-state index is 11.9. The summed E-state index contributed by atoms with van der Waals surface area (Å²) in [4.78, 5) is 11.9. The summed E-state index contributed by atoms with van der Waals surface area (Å²) in [6.07, 6.45) is 0.495. The summed E-state index contributed by atoms with van der Waals surface area (Å²) >= 11 is 3.40. The molecule has 0 bridgehead atoms. The molecular weight excluding hydrogens is 334 g/mol. The van der Waals surface area contributed by atoms with E-state index in [0.717, 1.165) is 15.9 Å². The summed E-state index contributed by atoms with van der Waals surface area (Å²) in [5.74, 6) is -0.0108. The third-order valence-corrected chi connectivity index (χ3v) is 6.10. The predicted molar refractivity (Wildman–Crippen MR) is 74.6 cm³/mol. The van der Waals surface area contributed by atoms with E-state index in [0.29, 0.717) is 6.42 Å². The van der Waals surface area contributed by atoms with E-state index < -0.39 is 9.84 Å². The fourth-order valence-electron chi connectivity index (χ4n) is 2.15. The number of aryl methyl sites for hydroxylation is 1. The Morgan fingerprint density at radius 3 is 2.68 bits per heavy atom. The molecule has 1 fully saturated rings. The van der Waals surface area contributed by atoms with Crippen LogP contribution in [0.2, 0.25) is 0 Å². The Morgan fingerprint density at radius 1 is 1.53 bits per heavy atom. The number of rotatable bonds is 3. The van der Waals surface area contributed by atoms with E-state index in [1.54, 1.807) is 4.68 Å². The molecule has 19 heavy (non-hydrogen) atoms. The van der Waals surface area contributed by atoms with Crippen LogP contribution in [0.1, 0.15) is 17.8 Å². The summed E-state index contributed by atoms with van der Waals surface area (Å²) in [7, 11) is -2.97. The van der Waals surface area contributed by atoms with Crippen LogP contribution < -0.4 is 5.32 Å². The molecule has 1 aliphatic rings.